The molecule has 1 aliphatic rings. The molecule has 1 aliphatic carbocycles. The molecule has 0 radical (unpaired) electrons. The molecule has 2 N–H and O–H groups in total. The Bertz CT molecular complexity index is 741. The molecule has 0 aliphatic heterocycles. The Morgan fingerprint density at radius 2 is 1.62 bits per heavy atom. The smallest absolute Gasteiger partial charge is 0.227 e. The van der Waals surface area contributed by atoms with Crippen molar-refractivity contribution in [2.75, 3.05) is 5.32 Å². The molecular weight excluding hydrogens is 333 g/mol. The Labute approximate surface area is 152 Å². The summed E-state index contributed by atoms with van der Waals surface area (Å²) >= 11 is 0. The van der Waals surface area contributed by atoms with E-state index in [9.17, 15) is 14.0 Å². The van der Waals surface area contributed by atoms with Crippen LogP contribution in [0.4, 0.5) is 10.1 Å². The minimum absolute atomic E-state index is 0.0213. The van der Waals surface area contributed by atoms with Crippen molar-refractivity contribution in [1.29, 1.82) is 0 Å². The van der Waals surface area contributed by atoms with E-state index in [-0.39, 0.29) is 29.5 Å². The summed E-state index contributed by atoms with van der Waals surface area (Å²) in [5.41, 5.74) is 1.42. The van der Waals surface area contributed by atoms with E-state index >= 15 is 0 Å². The number of hydrogen-bond donors (Lipinski definition) is 2. The highest BCUT2D eigenvalue weighted by atomic mass is 19.1. The first-order valence-electron chi connectivity index (χ1n) is 8.86. The molecule has 0 atom stereocenters. The second-order valence-corrected chi connectivity index (χ2v) is 6.58. The second-order valence-electron chi connectivity index (χ2n) is 6.58. The zero-order valence-electron chi connectivity index (χ0n) is 14.5. The van der Waals surface area contributed by atoms with Crippen molar-refractivity contribution in [3.63, 3.8) is 0 Å². The van der Waals surface area contributed by atoms with E-state index in [1.165, 1.54) is 12.1 Å². The maximum Gasteiger partial charge on any atom is 0.227 e. The van der Waals surface area contributed by atoms with Crippen molar-refractivity contribution < 1.29 is 14.0 Å². The topological polar surface area (TPSA) is 71.1 Å². The molecule has 0 bridgehead atoms. The summed E-state index contributed by atoms with van der Waals surface area (Å²) in [5.74, 6) is -0.550. The first-order chi connectivity index (χ1) is 12.6. The number of carbonyl (C=O) groups is 2. The van der Waals surface area contributed by atoms with Gasteiger partial charge in [-0.3, -0.25) is 14.6 Å². The van der Waals surface area contributed by atoms with Crippen LogP contribution in [0.3, 0.4) is 0 Å². The van der Waals surface area contributed by atoms with Crippen LogP contribution in [0.5, 0.6) is 0 Å². The van der Waals surface area contributed by atoms with Gasteiger partial charge in [-0.2, -0.15) is 0 Å². The lowest BCUT2D eigenvalue weighted by molar-refractivity contribution is -0.128. The van der Waals surface area contributed by atoms with Crippen LogP contribution < -0.4 is 10.6 Å². The number of nitrogens with one attached hydrogen (secondary N) is 2. The molecule has 1 fully saturated rings. The molecule has 2 amide bonds. The number of halogens is 1. The van der Waals surface area contributed by atoms with Gasteiger partial charge >= 0.3 is 0 Å². The Balaban J connectivity index is 1.43. The molecule has 1 aromatic carbocycles. The first-order valence-corrected chi connectivity index (χ1v) is 8.86. The lowest BCUT2D eigenvalue weighted by Crippen LogP contribution is -2.35. The maximum absolute atomic E-state index is 12.9. The predicted molar refractivity (Wildman–Crippen MR) is 96.6 cm³/mol. The van der Waals surface area contributed by atoms with Crippen LogP contribution in [0.25, 0.3) is 0 Å². The largest absolute Gasteiger partial charge is 0.350 e. The summed E-state index contributed by atoms with van der Waals surface area (Å²) in [7, 11) is 0. The van der Waals surface area contributed by atoms with E-state index in [1.807, 2.05) is 18.2 Å². The highest BCUT2D eigenvalue weighted by molar-refractivity contribution is 5.92. The van der Waals surface area contributed by atoms with Gasteiger partial charge in [0.05, 0.1) is 12.2 Å². The molecule has 6 heteroatoms. The van der Waals surface area contributed by atoms with Crippen molar-refractivity contribution >= 4 is 17.5 Å². The molecule has 1 saturated carbocycles. The molecule has 0 saturated heterocycles. The van der Waals surface area contributed by atoms with Crippen LogP contribution in [-0.2, 0) is 16.1 Å². The van der Waals surface area contributed by atoms with Gasteiger partial charge in [-0.05, 0) is 62.1 Å². The van der Waals surface area contributed by atoms with Crippen LogP contribution in [0.1, 0.15) is 31.4 Å². The third-order valence-electron chi connectivity index (χ3n) is 4.75. The van der Waals surface area contributed by atoms with Crippen LogP contribution in [0.2, 0.25) is 0 Å². The van der Waals surface area contributed by atoms with Gasteiger partial charge in [0.15, 0.2) is 0 Å². The zero-order chi connectivity index (χ0) is 18.4. The van der Waals surface area contributed by atoms with Gasteiger partial charge in [0, 0.05) is 23.7 Å². The molecule has 26 heavy (non-hydrogen) atoms. The predicted octanol–water partition coefficient (Wildman–Crippen LogP) is 3.28. The van der Waals surface area contributed by atoms with Gasteiger partial charge in [0.2, 0.25) is 11.8 Å². The van der Waals surface area contributed by atoms with E-state index in [1.54, 1.807) is 18.3 Å². The van der Waals surface area contributed by atoms with Crippen LogP contribution >= 0.6 is 0 Å². The first kappa shape index (κ1) is 18.0. The highest BCUT2D eigenvalue weighted by Crippen LogP contribution is 2.30. The summed E-state index contributed by atoms with van der Waals surface area (Å²) in [5, 5.41) is 5.74. The Morgan fingerprint density at radius 3 is 2.23 bits per heavy atom. The molecule has 0 unspecified atom stereocenters. The quantitative estimate of drug-likeness (QED) is 0.865. The van der Waals surface area contributed by atoms with Crippen LogP contribution in [0, 0.1) is 17.7 Å². The molecule has 136 valence electrons. The fraction of sp³-hybridized carbons (Fsp3) is 0.350. The van der Waals surface area contributed by atoms with Crippen molar-refractivity contribution in [3.8, 4) is 0 Å². The molecule has 2 aromatic rings. The number of amides is 2. The van der Waals surface area contributed by atoms with Gasteiger partial charge in [0.1, 0.15) is 5.82 Å². The van der Waals surface area contributed by atoms with Crippen molar-refractivity contribution in [1.82, 2.24) is 10.3 Å². The number of hydrogen-bond acceptors (Lipinski definition) is 3. The van der Waals surface area contributed by atoms with Gasteiger partial charge < -0.3 is 10.6 Å². The SMILES string of the molecule is O=C(NCc1ccccn1)C1CCC(C(=O)Nc2ccc(F)cc2)CC1. The minimum atomic E-state index is -0.333. The van der Waals surface area contributed by atoms with E-state index in [0.717, 1.165) is 5.69 Å². The van der Waals surface area contributed by atoms with E-state index in [0.29, 0.717) is 37.9 Å². The number of benzene rings is 1. The molecule has 3 rings (SSSR count). The van der Waals surface area contributed by atoms with E-state index in [4.69, 9.17) is 0 Å². The number of rotatable bonds is 5. The third kappa shape index (κ3) is 4.88. The van der Waals surface area contributed by atoms with Crippen molar-refractivity contribution in [2.45, 2.75) is 32.2 Å². The lowest BCUT2D eigenvalue weighted by Gasteiger charge is -2.27. The molecule has 1 heterocycles. The minimum Gasteiger partial charge on any atom is -0.350 e. The number of anilines is 1. The van der Waals surface area contributed by atoms with Gasteiger partial charge in [-0.1, -0.05) is 6.07 Å². The molecular formula is C20H22FN3O2. The maximum atomic E-state index is 12.9. The van der Waals surface area contributed by atoms with Crippen LogP contribution in [-0.4, -0.2) is 16.8 Å². The summed E-state index contributed by atoms with van der Waals surface area (Å²) < 4.78 is 12.9. The number of pyridine rings is 1. The van der Waals surface area contributed by atoms with E-state index < -0.39 is 0 Å². The summed E-state index contributed by atoms with van der Waals surface area (Å²) in [4.78, 5) is 28.8. The molecule has 1 aromatic heterocycles. The fourth-order valence-electron chi connectivity index (χ4n) is 3.22. The Kier molecular flexibility index (Phi) is 5.94. The Hall–Kier alpha value is -2.76. The summed E-state index contributed by atoms with van der Waals surface area (Å²) in [6.45, 7) is 0.421. The fourth-order valence-corrected chi connectivity index (χ4v) is 3.22. The average molecular weight is 355 g/mol. The van der Waals surface area contributed by atoms with Gasteiger partial charge in [0.25, 0.3) is 0 Å². The van der Waals surface area contributed by atoms with Crippen LogP contribution in [0.15, 0.2) is 48.7 Å². The van der Waals surface area contributed by atoms with Crippen molar-refractivity contribution in [3.05, 3.63) is 60.2 Å². The Morgan fingerprint density at radius 1 is 0.962 bits per heavy atom. The second kappa shape index (κ2) is 8.56. The number of aromatic nitrogens is 1. The van der Waals surface area contributed by atoms with Crippen molar-refractivity contribution in [2.24, 2.45) is 11.8 Å². The van der Waals surface area contributed by atoms with E-state index in [2.05, 4.69) is 15.6 Å². The van der Waals surface area contributed by atoms with Gasteiger partial charge in [-0.25, -0.2) is 4.39 Å². The summed E-state index contributed by atoms with van der Waals surface area (Å²) in [6.07, 6.45) is 4.43. The highest BCUT2D eigenvalue weighted by Gasteiger charge is 2.29. The normalized spacial score (nSPS) is 19.6. The summed E-state index contributed by atoms with van der Waals surface area (Å²) in [6, 6.07) is 11.3. The monoisotopic (exact) mass is 355 g/mol. The number of nitrogens with zero attached hydrogens (tertiary/aromatic N) is 1. The average Bonchev–Trinajstić information content (AvgIpc) is 2.69. The molecule has 5 nitrogen and oxygen atoms in total. The lowest BCUT2D eigenvalue weighted by atomic mass is 9.81. The molecule has 0 spiro atoms. The standard InChI is InChI=1S/C20H22FN3O2/c21-16-8-10-17(11-9-16)24-20(26)15-6-4-14(5-7-15)19(25)23-13-18-3-1-2-12-22-18/h1-3,8-12,14-15H,4-7,13H2,(H,23,25)(H,24,26). The number of carbonyl (C=O) groups excluding carboxylic acids is 2. The third-order valence-corrected chi connectivity index (χ3v) is 4.75. The van der Waals surface area contributed by atoms with Gasteiger partial charge in [-0.15, -0.1) is 0 Å². The zero-order valence-corrected chi connectivity index (χ0v) is 14.5.